The number of amidine groups is 1. The maximum absolute atomic E-state index is 12.8. The second kappa shape index (κ2) is 9.31. The van der Waals surface area contributed by atoms with Crippen LogP contribution in [0.2, 0.25) is 10.0 Å². The second-order valence-electron chi connectivity index (χ2n) is 9.41. The van der Waals surface area contributed by atoms with Gasteiger partial charge in [-0.2, -0.15) is 5.10 Å². The third-order valence-electron chi connectivity index (χ3n) is 5.75. The molecule has 178 valence electrons. The molecule has 7 nitrogen and oxygen atoms in total. The van der Waals surface area contributed by atoms with Gasteiger partial charge in [-0.25, -0.2) is 9.48 Å². The van der Waals surface area contributed by atoms with Gasteiger partial charge in [0, 0.05) is 23.7 Å². The molecule has 1 aliphatic heterocycles. The maximum Gasteiger partial charge on any atom is 0.324 e. The summed E-state index contributed by atoms with van der Waals surface area (Å²) in [6.45, 7) is 8.88. The Kier molecular flexibility index (Phi) is 6.60. The number of carbonyl (C=O) groups is 1. The molecule has 34 heavy (non-hydrogen) atoms. The Labute approximate surface area is 209 Å². The number of nitrogens with one attached hydrogen (secondary N) is 3. The van der Waals surface area contributed by atoms with Gasteiger partial charge >= 0.3 is 6.03 Å². The Balaban J connectivity index is 1.68. The van der Waals surface area contributed by atoms with Crippen molar-refractivity contribution in [3.8, 4) is 5.69 Å². The van der Waals surface area contributed by atoms with Gasteiger partial charge in [0.2, 0.25) is 0 Å². The van der Waals surface area contributed by atoms with E-state index in [1.807, 2.05) is 23.1 Å². The minimum atomic E-state index is -0.450. The monoisotopic (exact) mass is 498 g/mol. The van der Waals surface area contributed by atoms with E-state index in [1.165, 1.54) is 0 Å². The van der Waals surface area contributed by atoms with Gasteiger partial charge in [0.05, 0.1) is 32.9 Å². The van der Waals surface area contributed by atoms with E-state index in [0.29, 0.717) is 22.4 Å². The maximum atomic E-state index is 12.8. The van der Waals surface area contributed by atoms with Gasteiger partial charge < -0.3 is 10.2 Å². The summed E-state index contributed by atoms with van der Waals surface area (Å²) in [5.41, 5.74) is 4.10. The highest BCUT2D eigenvalue weighted by Gasteiger charge is 2.24. The number of anilines is 3. The van der Waals surface area contributed by atoms with Crippen molar-refractivity contribution in [2.75, 3.05) is 22.1 Å². The first-order valence-electron chi connectivity index (χ1n) is 11.1. The van der Waals surface area contributed by atoms with E-state index < -0.39 is 6.03 Å². The Hall–Kier alpha value is -3.03. The van der Waals surface area contributed by atoms with E-state index in [0.717, 1.165) is 42.0 Å². The van der Waals surface area contributed by atoms with Crippen LogP contribution >= 0.6 is 23.2 Å². The number of amides is 2. The molecule has 0 saturated carbocycles. The van der Waals surface area contributed by atoms with Crippen molar-refractivity contribution in [3.05, 3.63) is 63.8 Å². The van der Waals surface area contributed by atoms with Gasteiger partial charge in [-0.15, -0.1) is 0 Å². The largest absolute Gasteiger partial charge is 0.330 e. The summed E-state index contributed by atoms with van der Waals surface area (Å²) < 4.78 is 1.75. The molecule has 3 N–H and O–H groups in total. The first-order chi connectivity index (χ1) is 16.0. The smallest absolute Gasteiger partial charge is 0.324 e. The minimum absolute atomic E-state index is 0.212. The number of hydrogen-bond acceptors (Lipinski definition) is 3. The van der Waals surface area contributed by atoms with Crippen LogP contribution in [0.5, 0.6) is 0 Å². The molecule has 0 aliphatic carbocycles. The number of aromatic nitrogens is 2. The highest BCUT2D eigenvalue weighted by molar-refractivity contribution is 6.44. The zero-order valence-electron chi connectivity index (χ0n) is 19.7. The van der Waals surface area contributed by atoms with E-state index >= 15 is 0 Å². The molecule has 2 amide bonds. The average Bonchev–Trinajstić information content (AvgIpc) is 3.20. The van der Waals surface area contributed by atoms with Gasteiger partial charge in [-0.05, 0) is 55.7 Å². The van der Waals surface area contributed by atoms with Crippen LogP contribution in [0.3, 0.4) is 0 Å². The molecule has 0 saturated heterocycles. The van der Waals surface area contributed by atoms with Gasteiger partial charge in [0.25, 0.3) is 0 Å². The quantitative estimate of drug-likeness (QED) is 0.272. The number of aryl methyl sites for hydroxylation is 1. The lowest BCUT2D eigenvalue weighted by Gasteiger charge is -2.30. The summed E-state index contributed by atoms with van der Waals surface area (Å²) in [5.74, 6) is 1.07. The highest BCUT2D eigenvalue weighted by Crippen LogP contribution is 2.33. The van der Waals surface area contributed by atoms with Crippen LogP contribution in [-0.4, -0.2) is 28.2 Å². The standard InChI is InChI=1S/C25H28Cl2N6O/c1-15(28)32-12-6-7-16-13-17(10-11-20(16)32)33-22(14-21(31-33)25(2,3)4)30-24(34)29-19-9-5-8-18(26)23(19)27/h5,8-11,13-14,28H,6-7,12H2,1-4H3,(H2,29,30,34). The molecule has 2 aromatic carbocycles. The van der Waals surface area contributed by atoms with Crippen molar-refractivity contribution in [3.63, 3.8) is 0 Å². The topological polar surface area (TPSA) is 86.0 Å². The molecular weight excluding hydrogens is 471 g/mol. The van der Waals surface area contributed by atoms with Crippen molar-refractivity contribution in [1.82, 2.24) is 9.78 Å². The van der Waals surface area contributed by atoms with Gasteiger partial charge in [0.1, 0.15) is 5.82 Å². The number of halogens is 2. The predicted octanol–water partition coefficient (Wildman–Crippen LogP) is 6.87. The van der Waals surface area contributed by atoms with Crippen LogP contribution < -0.4 is 15.5 Å². The number of fused-ring (bicyclic) bond motifs is 1. The molecule has 0 atom stereocenters. The van der Waals surface area contributed by atoms with Gasteiger partial charge in [-0.1, -0.05) is 50.0 Å². The number of hydrogen-bond donors (Lipinski definition) is 3. The summed E-state index contributed by atoms with van der Waals surface area (Å²) in [6, 6.07) is 12.6. The molecule has 1 aliphatic rings. The van der Waals surface area contributed by atoms with Gasteiger partial charge in [0.15, 0.2) is 0 Å². The number of benzene rings is 2. The fourth-order valence-corrected chi connectivity index (χ4v) is 4.32. The molecule has 1 aromatic heterocycles. The SMILES string of the molecule is CC(=N)N1CCCc2cc(-n3nc(C(C)(C)C)cc3NC(=O)Nc3cccc(Cl)c3Cl)ccc21. The number of urea groups is 1. The Morgan fingerprint density at radius 1 is 1.12 bits per heavy atom. The van der Waals surface area contributed by atoms with Crippen molar-refractivity contribution in [2.45, 2.75) is 46.0 Å². The zero-order valence-corrected chi connectivity index (χ0v) is 21.2. The summed E-state index contributed by atoms with van der Waals surface area (Å²) >= 11 is 12.3. The fourth-order valence-electron chi connectivity index (χ4n) is 3.97. The Morgan fingerprint density at radius 3 is 2.59 bits per heavy atom. The van der Waals surface area contributed by atoms with Crippen LogP contribution in [0.4, 0.5) is 22.0 Å². The summed E-state index contributed by atoms with van der Waals surface area (Å²) in [5, 5.41) is 19.2. The lowest BCUT2D eigenvalue weighted by Crippen LogP contribution is -2.33. The van der Waals surface area contributed by atoms with E-state index in [2.05, 4.69) is 37.5 Å². The molecule has 4 rings (SSSR count). The van der Waals surface area contributed by atoms with Crippen molar-refractivity contribution in [2.24, 2.45) is 0 Å². The first-order valence-corrected chi connectivity index (χ1v) is 11.9. The second-order valence-corrected chi connectivity index (χ2v) is 10.2. The Morgan fingerprint density at radius 2 is 1.88 bits per heavy atom. The molecule has 0 bridgehead atoms. The van der Waals surface area contributed by atoms with Crippen LogP contribution in [0.25, 0.3) is 5.69 Å². The molecule has 0 fully saturated rings. The van der Waals surface area contributed by atoms with Gasteiger partial charge in [-0.3, -0.25) is 10.7 Å². The average molecular weight is 499 g/mol. The lowest BCUT2D eigenvalue weighted by atomic mass is 9.92. The zero-order chi connectivity index (χ0) is 24.6. The highest BCUT2D eigenvalue weighted by atomic mass is 35.5. The number of rotatable bonds is 3. The molecule has 2 heterocycles. The minimum Gasteiger partial charge on any atom is -0.330 e. The third kappa shape index (κ3) is 4.91. The number of nitrogens with zero attached hydrogens (tertiary/aromatic N) is 3. The molecular formula is C25H28Cl2N6O. The molecule has 0 spiro atoms. The molecule has 0 unspecified atom stereocenters. The number of carbonyl (C=O) groups excluding carboxylic acids is 1. The fraction of sp³-hybridized carbons (Fsp3) is 0.320. The Bertz CT molecular complexity index is 1260. The van der Waals surface area contributed by atoms with Crippen molar-refractivity contribution in [1.29, 1.82) is 5.41 Å². The normalized spacial score (nSPS) is 13.4. The summed E-state index contributed by atoms with van der Waals surface area (Å²) in [4.78, 5) is 14.9. The van der Waals surface area contributed by atoms with Crippen LogP contribution in [0.1, 0.15) is 45.4 Å². The van der Waals surface area contributed by atoms with E-state index in [4.69, 9.17) is 33.7 Å². The van der Waals surface area contributed by atoms with E-state index in [1.54, 1.807) is 29.8 Å². The molecule has 3 aromatic rings. The first kappa shape index (κ1) is 24.1. The van der Waals surface area contributed by atoms with Crippen LogP contribution in [0, 0.1) is 5.41 Å². The van der Waals surface area contributed by atoms with Crippen molar-refractivity contribution >= 4 is 52.3 Å². The van der Waals surface area contributed by atoms with Crippen molar-refractivity contribution < 1.29 is 4.79 Å². The third-order valence-corrected chi connectivity index (χ3v) is 6.57. The molecule has 0 radical (unpaired) electrons. The summed E-state index contributed by atoms with van der Waals surface area (Å²) in [6.07, 6.45) is 1.91. The van der Waals surface area contributed by atoms with Crippen LogP contribution in [0.15, 0.2) is 42.5 Å². The molecule has 9 heteroatoms. The lowest BCUT2D eigenvalue weighted by molar-refractivity contribution is 0.262. The van der Waals surface area contributed by atoms with E-state index in [-0.39, 0.29) is 10.4 Å². The van der Waals surface area contributed by atoms with Crippen LogP contribution in [-0.2, 0) is 11.8 Å². The predicted molar refractivity (Wildman–Crippen MR) is 140 cm³/mol. The van der Waals surface area contributed by atoms with E-state index in [9.17, 15) is 4.79 Å². The summed E-state index contributed by atoms with van der Waals surface area (Å²) in [7, 11) is 0.